The molecule has 0 unspecified atom stereocenters. The molecule has 0 fully saturated rings. The van der Waals surface area contributed by atoms with Crippen molar-refractivity contribution in [1.82, 2.24) is 0 Å². The van der Waals surface area contributed by atoms with Crippen molar-refractivity contribution >= 4 is 28.6 Å². The van der Waals surface area contributed by atoms with Gasteiger partial charge in [-0.05, 0) is 29.6 Å². The van der Waals surface area contributed by atoms with Crippen molar-refractivity contribution in [3.05, 3.63) is 46.7 Å². The van der Waals surface area contributed by atoms with E-state index in [-0.39, 0.29) is 5.91 Å². The number of carbonyl (C=O) groups excluding carboxylic acids is 1. The number of thiophene rings is 1. The summed E-state index contributed by atoms with van der Waals surface area (Å²) in [5.74, 6) is 0.0176. The molecule has 2 rings (SSSR count). The summed E-state index contributed by atoms with van der Waals surface area (Å²) >= 11 is 1.64. The van der Waals surface area contributed by atoms with Crippen LogP contribution in [0.15, 0.2) is 41.8 Å². The summed E-state index contributed by atoms with van der Waals surface area (Å²) in [6.07, 6.45) is 0. The van der Waals surface area contributed by atoms with Crippen molar-refractivity contribution in [3.63, 3.8) is 0 Å². The number of amides is 1. The monoisotopic (exact) mass is 246 g/mol. The summed E-state index contributed by atoms with van der Waals surface area (Å²) in [6, 6.07) is 11.4. The third kappa shape index (κ3) is 2.85. The van der Waals surface area contributed by atoms with Gasteiger partial charge in [-0.15, -0.1) is 11.3 Å². The zero-order valence-electron chi connectivity index (χ0n) is 9.59. The summed E-state index contributed by atoms with van der Waals surface area (Å²) in [7, 11) is 0. The van der Waals surface area contributed by atoms with Gasteiger partial charge in [0.05, 0.1) is 6.54 Å². The normalized spacial score (nSPS) is 10.2. The molecule has 17 heavy (non-hydrogen) atoms. The molecule has 0 radical (unpaired) electrons. The maximum Gasteiger partial charge on any atom is 0.224 e. The van der Waals surface area contributed by atoms with E-state index in [1.54, 1.807) is 23.2 Å². The van der Waals surface area contributed by atoms with Crippen LogP contribution in [-0.2, 0) is 11.3 Å². The first-order chi connectivity index (χ1) is 8.16. The third-order valence-electron chi connectivity index (χ3n) is 2.46. The lowest BCUT2D eigenvalue weighted by Gasteiger charge is -2.20. The van der Waals surface area contributed by atoms with Gasteiger partial charge in [0, 0.05) is 23.2 Å². The first kappa shape index (κ1) is 11.7. The highest BCUT2D eigenvalue weighted by molar-refractivity contribution is 7.09. The van der Waals surface area contributed by atoms with Crippen molar-refractivity contribution in [2.45, 2.75) is 13.5 Å². The summed E-state index contributed by atoms with van der Waals surface area (Å²) in [5, 5.41) is 2.01. The molecule has 88 valence electrons. The van der Waals surface area contributed by atoms with Crippen LogP contribution in [0.1, 0.15) is 11.8 Å². The predicted octanol–water partition coefficient (Wildman–Crippen LogP) is 2.88. The summed E-state index contributed by atoms with van der Waals surface area (Å²) in [4.78, 5) is 14.6. The average molecular weight is 246 g/mol. The molecule has 0 bridgehead atoms. The Bertz CT molecular complexity index is 508. The molecular weight excluding hydrogens is 232 g/mol. The van der Waals surface area contributed by atoms with Crippen molar-refractivity contribution < 1.29 is 4.79 Å². The number of nitrogens with zero attached hydrogens (tertiary/aromatic N) is 1. The number of benzene rings is 1. The number of hydrogen-bond acceptors (Lipinski definition) is 3. The SMILES string of the molecule is CC(=O)N(Cc1cccs1)c1cccc(N)c1. The molecule has 2 aromatic rings. The number of hydrogen-bond donors (Lipinski definition) is 1. The Morgan fingerprint density at radius 2 is 2.18 bits per heavy atom. The summed E-state index contributed by atoms with van der Waals surface area (Å²) < 4.78 is 0. The molecule has 1 heterocycles. The van der Waals surface area contributed by atoms with Crippen molar-refractivity contribution in [2.75, 3.05) is 10.6 Å². The zero-order chi connectivity index (χ0) is 12.3. The van der Waals surface area contributed by atoms with Crippen LogP contribution in [0.3, 0.4) is 0 Å². The van der Waals surface area contributed by atoms with Crippen molar-refractivity contribution in [3.8, 4) is 0 Å². The van der Waals surface area contributed by atoms with Gasteiger partial charge in [0.2, 0.25) is 5.91 Å². The quantitative estimate of drug-likeness (QED) is 0.846. The molecule has 0 aliphatic carbocycles. The second kappa shape index (κ2) is 5.01. The number of rotatable bonds is 3. The lowest BCUT2D eigenvalue weighted by molar-refractivity contribution is -0.116. The molecule has 1 aromatic heterocycles. The zero-order valence-corrected chi connectivity index (χ0v) is 10.4. The molecule has 0 aliphatic heterocycles. The highest BCUT2D eigenvalue weighted by Crippen LogP contribution is 2.21. The lowest BCUT2D eigenvalue weighted by Crippen LogP contribution is -2.27. The first-order valence-electron chi connectivity index (χ1n) is 5.33. The molecule has 1 aromatic carbocycles. The van der Waals surface area contributed by atoms with E-state index in [1.807, 2.05) is 41.8 Å². The van der Waals surface area contributed by atoms with Crippen LogP contribution < -0.4 is 10.6 Å². The highest BCUT2D eigenvalue weighted by atomic mass is 32.1. The Kier molecular flexibility index (Phi) is 3.44. The molecule has 0 saturated heterocycles. The minimum absolute atomic E-state index is 0.0176. The average Bonchev–Trinajstić information content (AvgIpc) is 2.78. The van der Waals surface area contributed by atoms with Gasteiger partial charge in [-0.2, -0.15) is 0 Å². The van der Waals surface area contributed by atoms with Gasteiger partial charge in [-0.1, -0.05) is 12.1 Å². The molecule has 0 atom stereocenters. The molecule has 4 heteroatoms. The minimum Gasteiger partial charge on any atom is -0.399 e. The Hall–Kier alpha value is -1.81. The van der Waals surface area contributed by atoms with E-state index in [2.05, 4.69) is 0 Å². The van der Waals surface area contributed by atoms with E-state index < -0.39 is 0 Å². The molecule has 0 spiro atoms. The second-order valence-corrected chi connectivity index (χ2v) is 4.81. The van der Waals surface area contributed by atoms with Crippen LogP contribution >= 0.6 is 11.3 Å². The van der Waals surface area contributed by atoms with Crippen LogP contribution in [-0.4, -0.2) is 5.91 Å². The fraction of sp³-hybridized carbons (Fsp3) is 0.154. The van der Waals surface area contributed by atoms with E-state index in [1.165, 1.54) is 0 Å². The fourth-order valence-corrected chi connectivity index (χ4v) is 2.33. The van der Waals surface area contributed by atoms with E-state index >= 15 is 0 Å². The number of anilines is 2. The third-order valence-corrected chi connectivity index (χ3v) is 3.32. The Morgan fingerprint density at radius 3 is 2.76 bits per heavy atom. The Labute approximate surface area is 104 Å². The largest absolute Gasteiger partial charge is 0.399 e. The Balaban J connectivity index is 2.26. The van der Waals surface area contributed by atoms with Crippen LogP contribution in [0.5, 0.6) is 0 Å². The molecule has 0 saturated carbocycles. The van der Waals surface area contributed by atoms with Gasteiger partial charge in [0.25, 0.3) is 0 Å². The molecule has 3 nitrogen and oxygen atoms in total. The van der Waals surface area contributed by atoms with Gasteiger partial charge >= 0.3 is 0 Å². The Morgan fingerprint density at radius 1 is 1.35 bits per heavy atom. The topological polar surface area (TPSA) is 46.3 Å². The second-order valence-electron chi connectivity index (χ2n) is 3.78. The van der Waals surface area contributed by atoms with Gasteiger partial charge < -0.3 is 10.6 Å². The maximum absolute atomic E-state index is 11.7. The van der Waals surface area contributed by atoms with Gasteiger partial charge in [-0.25, -0.2) is 0 Å². The molecular formula is C13H14N2OS. The van der Waals surface area contributed by atoms with Gasteiger partial charge in [-0.3, -0.25) is 4.79 Å². The molecule has 0 aliphatic rings. The van der Waals surface area contributed by atoms with E-state index in [0.717, 1.165) is 10.6 Å². The van der Waals surface area contributed by atoms with E-state index in [0.29, 0.717) is 12.2 Å². The number of nitrogen functional groups attached to an aromatic ring is 1. The fourth-order valence-electron chi connectivity index (χ4n) is 1.64. The van der Waals surface area contributed by atoms with Crippen LogP contribution in [0.4, 0.5) is 11.4 Å². The first-order valence-corrected chi connectivity index (χ1v) is 6.21. The van der Waals surface area contributed by atoms with Crippen LogP contribution in [0.2, 0.25) is 0 Å². The summed E-state index contributed by atoms with van der Waals surface area (Å²) in [5.41, 5.74) is 7.24. The highest BCUT2D eigenvalue weighted by Gasteiger charge is 2.12. The van der Waals surface area contributed by atoms with Crippen molar-refractivity contribution in [1.29, 1.82) is 0 Å². The standard InChI is InChI=1S/C13H14N2OS/c1-10(16)15(9-13-6-3-7-17-13)12-5-2-4-11(14)8-12/h2-8H,9,14H2,1H3. The summed E-state index contributed by atoms with van der Waals surface area (Å²) in [6.45, 7) is 2.16. The van der Waals surface area contributed by atoms with Crippen LogP contribution in [0, 0.1) is 0 Å². The predicted molar refractivity (Wildman–Crippen MR) is 72.0 cm³/mol. The van der Waals surface area contributed by atoms with Crippen molar-refractivity contribution in [2.24, 2.45) is 0 Å². The number of carbonyl (C=O) groups is 1. The van der Waals surface area contributed by atoms with Gasteiger partial charge in [0.15, 0.2) is 0 Å². The smallest absolute Gasteiger partial charge is 0.224 e. The minimum atomic E-state index is 0.0176. The lowest BCUT2D eigenvalue weighted by atomic mass is 10.2. The van der Waals surface area contributed by atoms with E-state index in [4.69, 9.17) is 5.73 Å². The molecule has 2 N–H and O–H groups in total. The van der Waals surface area contributed by atoms with E-state index in [9.17, 15) is 4.79 Å². The van der Waals surface area contributed by atoms with Crippen LogP contribution in [0.25, 0.3) is 0 Å². The maximum atomic E-state index is 11.7. The molecule has 1 amide bonds. The van der Waals surface area contributed by atoms with Gasteiger partial charge in [0.1, 0.15) is 0 Å². The number of nitrogens with two attached hydrogens (primary N) is 1.